The molecule has 26 heavy (non-hydrogen) atoms. The first kappa shape index (κ1) is 19.9. The Morgan fingerprint density at radius 2 is 1.73 bits per heavy atom. The molecule has 0 radical (unpaired) electrons. The summed E-state index contributed by atoms with van der Waals surface area (Å²) in [4.78, 5) is 24.7. The van der Waals surface area contributed by atoms with Gasteiger partial charge in [0.2, 0.25) is 5.91 Å². The quantitative estimate of drug-likeness (QED) is 0.520. The highest BCUT2D eigenvalue weighted by molar-refractivity contribution is 7.99. The van der Waals surface area contributed by atoms with Gasteiger partial charge < -0.3 is 10.6 Å². The second kappa shape index (κ2) is 10.6. The lowest BCUT2D eigenvalue weighted by Gasteiger charge is -2.07. The highest BCUT2D eigenvalue weighted by atomic mass is 32.2. The molecule has 2 aromatic rings. The molecule has 0 bridgehead atoms. The lowest BCUT2D eigenvalue weighted by Crippen LogP contribution is -2.31. The third-order valence-electron chi connectivity index (χ3n) is 3.47. The van der Waals surface area contributed by atoms with Gasteiger partial charge in [-0.3, -0.25) is 9.59 Å². The number of thioether (sulfide) groups is 1. The van der Waals surface area contributed by atoms with Crippen LogP contribution in [0.3, 0.4) is 0 Å². The molecule has 2 aromatic carbocycles. The Balaban J connectivity index is 1.58. The average Bonchev–Trinajstić information content (AvgIpc) is 2.62. The van der Waals surface area contributed by atoms with Gasteiger partial charge in [0.25, 0.3) is 5.91 Å². The van der Waals surface area contributed by atoms with Crippen LogP contribution >= 0.6 is 11.8 Å². The van der Waals surface area contributed by atoms with E-state index in [9.17, 15) is 18.4 Å². The van der Waals surface area contributed by atoms with E-state index in [0.29, 0.717) is 12.6 Å². The molecule has 0 aliphatic rings. The first-order valence-corrected chi connectivity index (χ1v) is 9.22. The Morgan fingerprint density at radius 1 is 0.962 bits per heavy atom. The van der Waals surface area contributed by atoms with E-state index < -0.39 is 17.5 Å². The molecule has 2 amide bonds. The number of carbonyl (C=O) groups is 2. The van der Waals surface area contributed by atoms with E-state index in [1.54, 1.807) is 11.8 Å². The van der Waals surface area contributed by atoms with Crippen molar-refractivity contribution in [1.29, 1.82) is 0 Å². The lowest BCUT2D eigenvalue weighted by molar-refractivity contribution is -0.120. The van der Waals surface area contributed by atoms with Crippen molar-refractivity contribution in [2.75, 3.05) is 18.8 Å². The topological polar surface area (TPSA) is 58.2 Å². The van der Waals surface area contributed by atoms with Gasteiger partial charge in [0.1, 0.15) is 11.6 Å². The van der Waals surface area contributed by atoms with Crippen molar-refractivity contribution in [3.05, 3.63) is 65.7 Å². The van der Waals surface area contributed by atoms with Gasteiger partial charge in [0.05, 0.1) is 5.56 Å². The van der Waals surface area contributed by atoms with Crippen LogP contribution < -0.4 is 10.6 Å². The first-order chi connectivity index (χ1) is 12.6. The summed E-state index contributed by atoms with van der Waals surface area (Å²) >= 11 is 1.72. The van der Waals surface area contributed by atoms with Crippen LogP contribution in [0.1, 0.15) is 23.2 Å². The monoisotopic (exact) mass is 378 g/mol. The molecule has 4 nitrogen and oxygen atoms in total. The number of halogens is 2. The number of carbonyl (C=O) groups excluding carboxylic acids is 2. The van der Waals surface area contributed by atoms with Crippen LogP contribution in [0.2, 0.25) is 0 Å². The molecule has 0 aliphatic carbocycles. The number of hydrogen-bond donors (Lipinski definition) is 2. The second-order valence-electron chi connectivity index (χ2n) is 5.50. The van der Waals surface area contributed by atoms with Crippen LogP contribution in [-0.2, 0) is 4.79 Å². The molecule has 0 saturated carbocycles. The highest BCUT2D eigenvalue weighted by Crippen LogP contribution is 2.17. The predicted molar refractivity (Wildman–Crippen MR) is 98.1 cm³/mol. The Hall–Kier alpha value is -2.41. The maximum absolute atomic E-state index is 13.5. The van der Waals surface area contributed by atoms with Gasteiger partial charge in [-0.2, -0.15) is 0 Å². The van der Waals surface area contributed by atoms with Gasteiger partial charge in [-0.15, -0.1) is 11.8 Å². The summed E-state index contributed by atoms with van der Waals surface area (Å²) in [5.74, 6) is -1.64. The minimum atomic E-state index is -0.928. The summed E-state index contributed by atoms with van der Waals surface area (Å²) in [5, 5.41) is 5.22. The molecule has 0 unspecified atom stereocenters. The van der Waals surface area contributed by atoms with E-state index in [2.05, 4.69) is 10.6 Å². The van der Waals surface area contributed by atoms with Crippen molar-refractivity contribution in [1.82, 2.24) is 10.6 Å². The summed E-state index contributed by atoms with van der Waals surface area (Å²) in [5.41, 5.74) is -0.246. The van der Waals surface area contributed by atoms with Gasteiger partial charge in [0, 0.05) is 30.5 Å². The standard InChI is InChI=1S/C19H20F2N2O2S/c20-14-7-8-16(17(21)13-14)19(25)23-11-9-18(24)22-10-4-12-26-15-5-2-1-3-6-15/h1-3,5-8,13H,4,9-12H2,(H,22,24)(H,23,25). The molecule has 138 valence electrons. The van der Waals surface area contributed by atoms with Crippen LogP contribution in [0.25, 0.3) is 0 Å². The molecule has 0 heterocycles. The highest BCUT2D eigenvalue weighted by Gasteiger charge is 2.12. The van der Waals surface area contributed by atoms with Crippen LogP contribution in [0.15, 0.2) is 53.4 Å². The summed E-state index contributed by atoms with van der Waals surface area (Å²) in [6, 6.07) is 12.7. The zero-order valence-corrected chi connectivity index (χ0v) is 15.0. The zero-order valence-electron chi connectivity index (χ0n) is 14.1. The molecule has 0 fully saturated rings. The number of rotatable bonds is 9. The third-order valence-corrected chi connectivity index (χ3v) is 4.57. The molecule has 0 spiro atoms. The van der Waals surface area contributed by atoms with Crippen molar-refractivity contribution in [2.45, 2.75) is 17.7 Å². The number of hydrogen-bond acceptors (Lipinski definition) is 3. The van der Waals surface area contributed by atoms with Gasteiger partial charge in [0.15, 0.2) is 0 Å². The summed E-state index contributed by atoms with van der Waals surface area (Å²) < 4.78 is 26.3. The third kappa shape index (κ3) is 6.84. The van der Waals surface area contributed by atoms with E-state index in [-0.39, 0.29) is 24.4 Å². The van der Waals surface area contributed by atoms with E-state index in [1.807, 2.05) is 30.3 Å². The maximum Gasteiger partial charge on any atom is 0.254 e. The summed E-state index contributed by atoms with van der Waals surface area (Å²) in [6.07, 6.45) is 0.929. The average molecular weight is 378 g/mol. The SMILES string of the molecule is O=C(CCNC(=O)c1ccc(F)cc1F)NCCCSc1ccccc1. The second-order valence-corrected chi connectivity index (χ2v) is 6.66. The van der Waals surface area contributed by atoms with Gasteiger partial charge >= 0.3 is 0 Å². The molecular formula is C19H20F2N2O2S. The van der Waals surface area contributed by atoms with E-state index >= 15 is 0 Å². The van der Waals surface area contributed by atoms with E-state index in [1.165, 1.54) is 4.90 Å². The number of nitrogens with one attached hydrogen (secondary N) is 2. The van der Waals surface area contributed by atoms with Crippen molar-refractivity contribution in [2.24, 2.45) is 0 Å². The van der Waals surface area contributed by atoms with Gasteiger partial charge in [-0.25, -0.2) is 8.78 Å². The van der Waals surface area contributed by atoms with Crippen molar-refractivity contribution < 1.29 is 18.4 Å². The smallest absolute Gasteiger partial charge is 0.254 e. The van der Waals surface area contributed by atoms with E-state index in [0.717, 1.165) is 24.3 Å². The minimum Gasteiger partial charge on any atom is -0.356 e. The molecule has 0 aromatic heterocycles. The Morgan fingerprint density at radius 3 is 2.46 bits per heavy atom. The van der Waals surface area contributed by atoms with Crippen LogP contribution in [0.4, 0.5) is 8.78 Å². The molecule has 2 rings (SSSR count). The largest absolute Gasteiger partial charge is 0.356 e. The van der Waals surface area contributed by atoms with Crippen molar-refractivity contribution >= 4 is 23.6 Å². The predicted octanol–water partition coefficient (Wildman–Crippen LogP) is 3.38. The van der Waals surface area contributed by atoms with Gasteiger partial charge in [-0.1, -0.05) is 18.2 Å². The summed E-state index contributed by atoms with van der Waals surface area (Å²) in [7, 11) is 0. The first-order valence-electron chi connectivity index (χ1n) is 8.24. The maximum atomic E-state index is 13.5. The fourth-order valence-corrected chi connectivity index (χ4v) is 3.03. The Labute approximate surface area is 155 Å². The minimum absolute atomic E-state index is 0.0836. The van der Waals surface area contributed by atoms with Crippen LogP contribution in [-0.4, -0.2) is 30.7 Å². The molecule has 7 heteroatoms. The van der Waals surface area contributed by atoms with Crippen LogP contribution in [0.5, 0.6) is 0 Å². The molecule has 2 N–H and O–H groups in total. The van der Waals surface area contributed by atoms with Crippen LogP contribution in [0, 0.1) is 11.6 Å². The fourth-order valence-electron chi connectivity index (χ4n) is 2.15. The lowest BCUT2D eigenvalue weighted by atomic mass is 10.2. The molecule has 0 aliphatic heterocycles. The van der Waals surface area contributed by atoms with Crippen molar-refractivity contribution in [3.63, 3.8) is 0 Å². The molecule has 0 saturated heterocycles. The van der Waals surface area contributed by atoms with E-state index in [4.69, 9.17) is 0 Å². The Bertz CT molecular complexity index is 742. The Kier molecular flexibility index (Phi) is 8.08. The number of benzene rings is 2. The zero-order chi connectivity index (χ0) is 18.8. The molecule has 0 atom stereocenters. The van der Waals surface area contributed by atoms with Gasteiger partial charge in [-0.05, 0) is 36.4 Å². The molecular weight excluding hydrogens is 358 g/mol. The summed E-state index contributed by atoms with van der Waals surface area (Å²) in [6.45, 7) is 0.638. The van der Waals surface area contributed by atoms with Crippen molar-refractivity contribution in [3.8, 4) is 0 Å². The normalized spacial score (nSPS) is 10.4. The number of amides is 2. The fraction of sp³-hybridized carbons (Fsp3) is 0.263.